The van der Waals surface area contributed by atoms with E-state index in [0.717, 1.165) is 18.4 Å². The van der Waals surface area contributed by atoms with Crippen LogP contribution in [0.2, 0.25) is 0 Å². The van der Waals surface area contributed by atoms with Crippen molar-refractivity contribution >= 4 is 11.9 Å². The van der Waals surface area contributed by atoms with Gasteiger partial charge in [0.25, 0.3) is 0 Å². The molecule has 2 N–H and O–H groups in total. The molecule has 0 spiro atoms. The first kappa shape index (κ1) is 17.2. The molecule has 0 heterocycles. The molecule has 1 aliphatic carbocycles. The van der Waals surface area contributed by atoms with E-state index in [9.17, 15) is 19.1 Å². The van der Waals surface area contributed by atoms with Crippen LogP contribution < -0.4 is 5.32 Å². The van der Waals surface area contributed by atoms with E-state index in [0.29, 0.717) is 12.8 Å². The van der Waals surface area contributed by atoms with Crippen LogP contribution in [0.5, 0.6) is 0 Å². The minimum atomic E-state index is -1.05. The Balaban J connectivity index is 2.24. The highest BCUT2D eigenvalue weighted by Gasteiger charge is 2.43. The molecule has 0 bridgehead atoms. The van der Waals surface area contributed by atoms with Gasteiger partial charge in [0.2, 0.25) is 5.91 Å². The second-order valence-corrected chi connectivity index (χ2v) is 5.97. The quantitative estimate of drug-likeness (QED) is 0.792. The van der Waals surface area contributed by atoms with E-state index in [1.54, 1.807) is 31.2 Å². The summed E-state index contributed by atoms with van der Waals surface area (Å²) < 4.78 is 13.2. The number of carbonyl (C=O) groups excluding carboxylic acids is 1. The second kappa shape index (κ2) is 7.40. The number of hydrogen-bond donors (Lipinski definition) is 2. The van der Waals surface area contributed by atoms with Crippen LogP contribution in [0.1, 0.15) is 44.6 Å². The fraction of sp³-hybridized carbons (Fsp3) is 0.444. The van der Waals surface area contributed by atoms with Crippen molar-refractivity contribution in [1.82, 2.24) is 5.32 Å². The second-order valence-electron chi connectivity index (χ2n) is 5.97. The minimum absolute atomic E-state index is 0.247. The van der Waals surface area contributed by atoms with Crippen molar-refractivity contribution in [3.05, 3.63) is 47.8 Å². The molecule has 5 heteroatoms. The molecule has 0 aliphatic heterocycles. The number of allylic oxidation sites excluding steroid dienone is 1. The highest BCUT2D eigenvalue weighted by atomic mass is 19.1. The molecule has 1 aromatic carbocycles. The first-order valence-corrected chi connectivity index (χ1v) is 7.90. The Kier molecular flexibility index (Phi) is 5.53. The van der Waals surface area contributed by atoms with Crippen LogP contribution in [0.15, 0.2) is 36.4 Å². The Morgan fingerprint density at radius 2 is 1.91 bits per heavy atom. The van der Waals surface area contributed by atoms with Gasteiger partial charge in [-0.05, 0) is 43.9 Å². The predicted molar refractivity (Wildman–Crippen MR) is 85.5 cm³/mol. The van der Waals surface area contributed by atoms with Gasteiger partial charge in [-0.3, -0.25) is 4.79 Å². The maximum atomic E-state index is 13.2. The Morgan fingerprint density at radius 1 is 1.30 bits per heavy atom. The maximum Gasteiger partial charge on any atom is 0.326 e. The van der Waals surface area contributed by atoms with E-state index in [4.69, 9.17) is 0 Å². The predicted octanol–water partition coefficient (Wildman–Crippen LogP) is 3.17. The molecule has 23 heavy (non-hydrogen) atoms. The standard InChI is InChI=1S/C18H22FNO3/c1-2-3-6-15(16(21)22)20-17(23)18(11-4-5-12-18)13-7-9-14(19)10-8-13/h2-3,7-10,15H,4-6,11-12H2,1H3,(H,20,23)(H,21,22)/b3-2+. The zero-order valence-electron chi connectivity index (χ0n) is 13.2. The zero-order valence-corrected chi connectivity index (χ0v) is 13.2. The Hall–Kier alpha value is -2.17. The molecule has 0 radical (unpaired) electrons. The van der Waals surface area contributed by atoms with Crippen LogP contribution in [-0.4, -0.2) is 23.0 Å². The summed E-state index contributed by atoms with van der Waals surface area (Å²) in [5.41, 5.74) is 0.00112. The number of hydrogen-bond acceptors (Lipinski definition) is 2. The summed E-state index contributed by atoms with van der Waals surface area (Å²) in [6.45, 7) is 1.80. The van der Waals surface area contributed by atoms with Crippen molar-refractivity contribution in [1.29, 1.82) is 0 Å². The number of benzene rings is 1. The number of carbonyl (C=O) groups is 2. The molecule has 124 valence electrons. The van der Waals surface area contributed by atoms with Crippen LogP contribution in [0, 0.1) is 5.82 Å². The first-order chi connectivity index (χ1) is 11.0. The van der Waals surface area contributed by atoms with Gasteiger partial charge >= 0.3 is 5.97 Å². The lowest BCUT2D eigenvalue weighted by atomic mass is 9.77. The number of halogens is 1. The summed E-state index contributed by atoms with van der Waals surface area (Å²) >= 11 is 0. The van der Waals surface area contributed by atoms with E-state index in [1.807, 2.05) is 0 Å². The first-order valence-electron chi connectivity index (χ1n) is 7.90. The van der Waals surface area contributed by atoms with Gasteiger partial charge in [0.05, 0.1) is 5.41 Å². The van der Waals surface area contributed by atoms with E-state index in [1.165, 1.54) is 12.1 Å². The van der Waals surface area contributed by atoms with Crippen molar-refractivity contribution in [3.63, 3.8) is 0 Å². The molecule has 1 aliphatic rings. The number of amides is 1. The summed E-state index contributed by atoms with van der Waals surface area (Å²) in [7, 11) is 0. The fourth-order valence-electron chi connectivity index (χ4n) is 3.18. The Bertz CT molecular complexity index is 589. The number of rotatable bonds is 6. The van der Waals surface area contributed by atoms with Gasteiger partial charge in [-0.25, -0.2) is 9.18 Å². The topological polar surface area (TPSA) is 66.4 Å². The molecule has 1 unspecified atom stereocenters. The molecule has 1 aromatic rings. The molecular weight excluding hydrogens is 297 g/mol. The van der Waals surface area contributed by atoms with Crippen LogP contribution >= 0.6 is 0 Å². The lowest BCUT2D eigenvalue weighted by Crippen LogP contribution is -2.49. The molecule has 1 amide bonds. The summed E-state index contributed by atoms with van der Waals surface area (Å²) in [6.07, 6.45) is 6.83. The van der Waals surface area contributed by atoms with Crippen molar-refractivity contribution in [2.45, 2.75) is 50.5 Å². The fourth-order valence-corrected chi connectivity index (χ4v) is 3.18. The summed E-state index contributed by atoms with van der Waals surface area (Å²) in [4.78, 5) is 24.2. The van der Waals surface area contributed by atoms with E-state index in [-0.39, 0.29) is 18.1 Å². The van der Waals surface area contributed by atoms with Gasteiger partial charge in [-0.1, -0.05) is 37.1 Å². The van der Waals surface area contributed by atoms with Crippen LogP contribution in [0.4, 0.5) is 4.39 Å². The molecule has 0 saturated heterocycles. The number of carboxylic acid groups (broad SMARTS) is 1. The number of carboxylic acids is 1. The Morgan fingerprint density at radius 3 is 2.43 bits per heavy atom. The monoisotopic (exact) mass is 319 g/mol. The normalized spacial score (nSPS) is 18.0. The van der Waals surface area contributed by atoms with Crippen molar-refractivity contribution < 1.29 is 19.1 Å². The number of nitrogens with one attached hydrogen (secondary N) is 1. The van der Waals surface area contributed by atoms with Gasteiger partial charge in [-0.15, -0.1) is 0 Å². The highest BCUT2D eigenvalue weighted by molar-refractivity contribution is 5.91. The summed E-state index contributed by atoms with van der Waals surface area (Å²) in [5.74, 6) is -1.68. The van der Waals surface area contributed by atoms with Gasteiger partial charge < -0.3 is 10.4 Å². The van der Waals surface area contributed by atoms with E-state index < -0.39 is 17.4 Å². The van der Waals surface area contributed by atoms with Crippen molar-refractivity contribution in [2.75, 3.05) is 0 Å². The lowest BCUT2D eigenvalue weighted by Gasteiger charge is -2.29. The van der Waals surface area contributed by atoms with Crippen molar-refractivity contribution in [3.8, 4) is 0 Å². The van der Waals surface area contributed by atoms with E-state index >= 15 is 0 Å². The number of aliphatic carboxylic acids is 1. The largest absolute Gasteiger partial charge is 0.480 e. The summed E-state index contributed by atoms with van der Waals surface area (Å²) in [6, 6.07) is 5.00. The highest BCUT2D eigenvalue weighted by Crippen LogP contribution is 2.41. The molecule has 2 rings (SSSR count). The molecule has 1 atom stereocenters. The Labute approximate surface area is 135 Å². The van der Waals surface area contributed by atoms with Gasteiger partial charge in [0, 0.05) is 0 Å². The maximum absolute atomic E-state index is 13.2. The lowest BCUT2D eigenvalue weighted by molar-refractivity contribution is -0.142. The van der Waals surface area contributed by atoms with Crippen molar-refractivity contribution in [2.24, 2.45) is 0 Å². The third-order valence-electron chi connectivity index (χ3n) is 4.50. The molecule has 1 saturated carbocycles. The third kappa shape index (κ3) is 3.78. The average molecular weight is 319 g/mol. The molecule has 0 aromatic heterocycles. The average Bonchev–Trinajstić information content (AvgIpc) is 3.02. The third-order valence-corrected chi connectivity index (χ3v) is 4.50. The minimum Gasteiger partial charge on any atom is -0.480 e. The molecule has 1 fully saturated rings. The van der Waals surface area contributed by atoms with Crippen LogP contribution in [0.25, 0.3) is 0 Å². The van der Waals surface area contributed by atoms with E-state index in [2.05, 4.69) is 5.32 Å². The van der Waals surface area contributed by atoms with Gasteiger partial charge in [-0.2, -0.15) is 0 Å². The van der Waals surface area contributed by atoms with Crippen LogP contribution in [-0.2, 0) is 15.0 Å². The van der Waals surface area contributed by atoms with Gasteiger partial charge in [0.15, 0.2) is 0 Å². The molecule has 4 nitrogen and oxygen atoms in total. The summed E-state index contributed by atoms with van der Waals surface area (Å²) in [5, 5.41) is 11.9. The smallest absolute Gasteiger partial charge is 0.326 e. The van der Waals surface area contributed by atoms with Gasteiger partial charge in [0.1, 0.15) is 11.9 Å². The van der Waals surface area contributed by atoms with Crippen LogP contribution in [0.3, 0.4) is 0 Å². The molecular formula is C18H22FNO3. The SMILES string of the molecule is C/C=C/CC(NC(=O)C1(c2ccc(F)cc2)CCCC1)C(=O)O. The zero-order chi connectivity index (χ0) is 16.9.